The molecule has 0 aromatic heterocycles. The maximum atomic E-state index is 12.8. The lowest BCUT2D eigenvalue weighted by Crippen LogP contribution is -2.48. The van der Waals surface area contributed by atoms with Crippen LogP contribution in [0, 0.1) is 0 Å². The van der Waals surface area contributed by atoms with Crippen LogP contribution in [-0.2, 0) is 19.2 Å². The van der Waals surface area contributed by atoms with E-state index in [0.717, 1.165) is 22.2 Å². The van der Waals surface area contributed by atoms with Crippen molar-refractivity contribution in [1.29, 1.82) is 0 Å². The van der Waals surface area contributed by atoms with E-state index in [-0.39, 0.29) is 10.7 Å². The predicted octanol–water partition coefficient (Wildman–Crippen LogP) is 1.50. The van der Waals surface area contributed by atoms with Crippen LogP contribution in [0.1, 0.15) is 18.9 Å². The third-order valence-electron chi connectivity index (χ3n) is 4.45. The highest BCUT2D eigenvalue weighted by molar-refractivity contribution is 8.26. The molecule has 10 heteroatoms. The maximum Gasteiger partial charge on any atom is 0.326 e. The molecule has 0 bridgehead atoms. The largest absolute Gasteiger partial charge is 0.497 e. The van der Waals surface area contributed by atoms with Crippen molar-refractivity contribution >= 4 is 58.1 Å². The molecule has 0 saturated carbocycles. The fourth-order valence-electron chi connectivity index (χ4n) is 2.95. The first-order chi connectivity index (χ1) is 13.2. The smallest absolute Gasteiger partial charge is 0.326 e. The summed E-state index contributed by atoms with van der Waals surface area (Å²) in [4.78, 5) is 50.9. The highest BCUT2D eigenvalue weighted by atomic mass is 32.2. The summed E-state index contributed by atoms with van der Waals surface area (Å²) in [6, 6.07) is 4.60. The molecule has 2 aliphatic rings. The van der Waals surface area contributed by atoms with E-state index in [1.54, 1.807) is 37.5 Å². The molecule has 2 heterocycles. The van der Waals surface area contributed by atoms with Crippen LogP contribution in [0.5, 0.6) is 5.75 Å². The Balaban J connectivity index is 1.84. The van der Waals surface area contributed by atoms with Gasteiger partial charge in [-0.15, -0.1) is 0 Å². The van der Waals surface area contributed by atoms with Crippen molar-refractivity contribution in [3.63, 3.8) is 0 Å². The Bertz CT molecular complexity index is 911. The number of rotatable bonds is 5. The van der Waals surface area contributed by atoms with Crippen LogP contribution in [0.3, 0.4) is 0 Å². The molecule has 1 aromatic rings. The Morgan fingerprint density at radius 1 is 1.32 bits per heavy atom. The molecule has 2 fully saturated rings. The van der Waals surface area contributed by atoms with E-state index < -0.39 is 35.8 Å². The molecule has 3 rings (SSSR count). The van der Waals surface area contributed by atoms with Gasteiger partial charge in [0.15, 0.2) is 0 Å². The molecule has 8 nitrogen and oxygen atoms in total. The van der Waals surface area contributed by atoms with Gasteiger partial charge in [0.05, 0.1) is 18.4 Å². The molecule has 2 saturated heterocycles. The number of methoxy groups -OCH3 is 1. The van der Waals surface area contributed by atoms with Crippen molar-refractivity contribution in [3.05, 3.63) is 34.7 Å². The fraction of sp³-hybridized carbons (Fsp3) is 0.278. The first-order valence-corrected chi connectivity index (χ1v) is 9.47. The van der Waals surface area contributed by atoms with Gasteiger partial charge in [-0.3, -0.25) is 24.2 Å². The first kappa shape index (κ1) is 20.0. The molecular formula is C18H16N2O6S2. The van der Waals surface area contributed by atoms with E-state index in [1.165, 1.54) is 6.92 Å². The van der Waals surface area contributed by atoms with E-state index in [9.17, 15) is 19.2 Å². The van der Waals surface area contributed by atoms with Crippen molar-refractivity contribution < 1.29 is 29.0 Å². The third-order valence-corrected chi connectivity index (χ3v) is 5.78. The summed E-state index contributed by atoms with van der Waals surface area (Å²) in [6.45, 7) is 1.24. The van der Waals surface area contributed by atoms with Gasteiger partial charge in [-0.2, -0.15) is 0 Å². The topological polar surface area (TPSA) is 104 Å². The van der Waals surface area contributed by atoms with E-state index in [0.29, 0.717) is 15.6 Å². The molecule has 28 heavy (non-hydrogen) atoms. The summed E-state index contributed by atoms with van der Waals surface area (Å²) in [5.41, 5.74) is 0.747. The molecule has 3 amide bonds. The summed E-state index contributed by atoms with van der Waals surface area (Å²) in [6.07, 6.45) is 1.34. The Morgan fingerprint density at radius 3 is 2.54 bits per heavy atom. The Morgan fingerprint density at radius 2 is 1.96 bits per heavy atom. The minimum Gasteiger partial charge on any atom is -0.497 e. The van der Waals surface area contributed by atoms with Crippen molar-refractivity contribution in [2.75, 3.05) is 7.11 Å². The lowest BCUT2D eigenvalue weighted by atomic mass is 10.2. The number of thioether (sulfide) groups is 1. The van der Waals surface area contributed by atoms with Gasteiger partial charge in [-0.25, -0.2) is 4.79 Å². The van der Waals surface area contributed by atoms with Crippen LogP contribution in [0.25, 0.3) is 6.08 Å². The van der Waals surface area contributed by atoms with Gasteiger partial charge in [-0.1, -0.05) is 36.1 Å². The summed E-state index contributed by atoms with van der Waals surface area (Å²) in [5, 5.41) is 9.10. The average molecular weight is 420 g/mol. The zero-order valence-corrected chi connectivity index (χ0v) is 16.6. The summed E-state index contributed by atoms with van der Waals surface area (Å²) < 4.78 is 5.25. The molecule has 0 spiro atoms. The lowest BCUT2D eigenvalue weighted by molar-refractivity contribution is -0.154. The summed E-state index contributed by atoms with van der Waals surface area (Å²) in [5.74, 6) is -2.48. The standard InChI is InChI=1S/C18H16N2O6S2/c1-9(17(24)25)19-14(21)8-12(15(19)22)20-16(23)13(28-18(20)27)7-10-3-5-11(26-2)6-4-10/h3-7,9,12H,8H2,1-2H3,(H,24,25). The second-order valence-corrected chi connectivity index (χ2v) is 7.84. The van der Waals surface area contributed by atoms with E-state index in [2.05, 4.69) is 0 Å². The van der Waals surface area contributed by atoms with Gasteiger partial charge < -0.3 is 9.84 Å². The number of likely N-dealkylation sites (tertiary alicyclic amines) is 1. The minimum atomic E-state index is -1.31. The van der Waals surface area contributed by atoms with Crippen molar-refractivity contribution in [2.45, 2.75) is 25.4 Å². The number of hydrogen-bond donors (Lipinski definition) is 1. The number of benzene rings is 1. The van der Waals surface area contributed by atoms with Crippen molar-refractivity contribution in [2.24, 2.45) is 0 Å². The normalized spacial score (nSPS) is 22.4. The molecular weight excluding hydrogens is 404 g/mol. The summed E-state index contributed by atoms with van der Waals surface area (Å²) >= 11 is 6.28. The van der Waals surface area contributed by atoms with E-state index in [1.807, 2.05) is 0 Å². The lowest BCUT2D eigenvalue weighted by Gasteiger charge is -2.23. The van der Waals surface area contributed by atoms with Crippen molar-refractivity contribution in [3.8, 4) is 5.75 Å². The highest BCUT2D eigenvalue weighted by Gasteiger charge is 2.50. The Kier molecular flexibility index (Phi) is 5.52. The first-order valence-electron chi connectivity index (χ1n) is 8.24. The fourth-order valence-corrected chi connectivity index (χ4v) is 4.31. The second-order valence-electron chi connectivity index (χ2n) is 6.16. The number of ether oxygens (including phenoxy) is 1. The molecule has 2 atom stereocenters. The van der Waals surface area contributed by atoms with Crippen LogP contribution >= 0.6 is 24.0 Å². The number of aliphatic carboxylic acids is 1. The number of nitrogens with zero attached hydrogens (tertiary/aromatic N) is 2. The highest BCUT2D eigenvalue weighted by Crippen LogP contribution is 2.36. The number of thiocarbonyl (C=S) groups is 1. The van der Waals surface area contributed by atoms with Gasteiger partial charge in [0.25, 0.3) is 11.8 Å². The van der Waals surface area contributed by atoms with E-state index in [4.69, 9.17) is 22.1 Å². The molecule has 146 valence electrons. The zero-order valence-electron chi connectivity index (χ0n) is 14.9. The number of carbonyl (C=O) groups excluding carboxylic acids is 3. The van der Waals surface area contributed by atoms with Crippen LogP contribution < -0.4 is 4.74 Å². The second kappa shape index (κ2) is 7.72. The number of carbonyl (C=O) groups is 4. The van der Waals surface area contributed by atoms with Crippen LogP contribution in [0.15, 0.2) is 29.2 Å². The number of amides is 3. The Hall–Kier alpha value is -2.72. The van der Waals surface area contributed by atoms with Gasteiger partial charge in [-0.05, 0) is 30.7 Å². The van der Waals surface area contributed by atoms with E-state index >= 15 is 0 Å². The number of imide groups is 1. The number of carboxylic acid groups (broad SMARTS) is 1. The molecule has 2 aliphatic heterocycles. The van der Waals surface area contributed by atoms with Crippen LogP contribution in [0.4, 0.5) is 0 Å². The quantitative estimate of drug-likeness (QED) is 0.434. The van der Waals surface area contributed by atoms with Crippen molar-refractivity contribution in [1.82, 2.24) is 9.80 Å². The van der Waals surface area contributed by atoms with Crippen LogP contribution in [0.2, 0.25) is 0 Å². The SMILES string of the molecule is COc1ccc(C=C2SC(=S)N(C3CC(=O)N(C(C)C(=O)O)C3=O)C2=O)cc1. The molecule has 2 unspecified atom stereocenters. The van der Waals surface area contributed by atoms with Gasteiger partial charge in [0.2, 0.25) is 5.91 Å². The maximum absolute atomic E-state index is 12.8. The minimum absolute atomic E-state index is 0.153. The Labute approximate surface area is 170 Å². The van der Waals surface area contributed by atoms with Gasteiger partial charge in [0, 0.05) is 0 Å². The molecule has 0 aliphatic carbocycles. The molecule has 1 N–H and O–H groups in total. The molecule has 0 radical (unpaired) electrons. The zero-order chi connectivity index (χ0) is 20.6. The third kappa shape index (κ3) is 3.52. The van der Waals surface area contributed by atoms with Gasteiger partial charge >= 0.3 is 5.97 Å². The molecule has 1 aromatic carbocycles. The number of carboxylic acids is 1. The average Bonchev–Trinajstić information content (AvgIpc) is 3.09. The number of hydrogen-bond acceptors (Lipinski definition) is 7. The predicted molar refractivity (Wildman–Crippen MR) is 105 cm³/mol. The summed E-state index contributed by atoms with van der Waals surface area (Å²) in [7, 11) is 1.55. The van der Waals surface area contributed by atoms with Gasteiger partial charge in [0.1, 0.15) is 22.2 Å². The van der Waals surface area contributed by atoms with Crippen LogP contribution in [-0.4, -0.2) is 62.1 Å². The monoisotopic (exact) mass is 420 g/mol.